The molecule has 0 radical (unpaired) electrons. The quantitative estimate of drug-likeness (QED) is 0.572. The first-order chi connectivity index (χ1) is 12.2. The number of carbonyl (C=O) groups is 1. The van der Waals surface area contributed by atoms with Gasteiger partial charge in [-0.3, -0.25) is 4.79 Å². The van der Waals surface area contributed by atoms with E-state index in [1.54, 1.807) is 12.1 Å². The number of para-hydroxylation sites is 1. The number of hydrogen-bond acceptors (Lipinski definition) is 3. The van der Waals surface area contributed by atoms with Crippen molar-refractivity contribution in [2.75, 3.05) is 5.32 Å². The summed E-state index contributed by atoms with van der Waals surface area (Å²) in [6.45, 7) is 2.04. The summed E-state index contributed by atoms with van der Waals surface area (Å²) in [4.78, 5) is 12.5. The first-order valence-corrected chi connectivity index (χ1v) is 8.03. The third-order valence-corrected chi connectivity index (χ3v) is 4.08. The smallest absolute Gasteiger partial charge is 0.255 e. The summed E-state index contributed by atoms with van der Waals surface area (Å²) in [7, 11) is 0. The summed E-state index contributed by atoms with van der Waals surface area (Å²) < 4.78 is 5.51. The zero-order chi connectivity index (χ0) is 17.2. The van der Waals surface area contributed by atoms with Gasteiger partial charge in [0.2, 0.25) is 0 Å². The van der Waals surface area contributed by atoms with Crippen LogP contribution in [0.15, 0.2) is 77.3 Å². The lowest BCUT2D eigenvalue weighted by Gasteiger charge is -2.05. The van der Waals surface area contributed by atoms with Crippen molar-refractivity contribution in [1.82, 2.24) is 5.16 Å². The molecular formula is C21H16N2O2. The predicted octanol–water partition coefficient (Wildman–Crippen LogP) is 5.06. The van der Waals surface area contributed by atoms with Crippen LogP contribution in [0.1, 0.15) is 15.9 Å². The summed E-state index contributed by atoms with van der Waals surface area (Å²) in [5, 5.41) is 7.81. The van der Waals surface area contributed by atoms with Gasteiger partial charge in [0.05, 0.1) is 5.39 Å². The van der Waals surface area contributed by atoms with Gasteiger partial charge in [-0.1, -0.05) is 53.2 Å². The summed E-state index contributed by atoms with van der Waals surface area (Å²) in [6, 6.07) is 22.8. The van der Waals surface area contributed by atoms with Crippen LogP contribution >= 0.6 is 0 Å². The van der Waals surface area contributed by atoms with Crippen molar-refractivity contribution in [3.8, 4) is 11.3 Å². The Morgan fingerprint density at radius 3 is 2.48 bits per heavy atom. The average molecular weight is 328 g/mol. The minimum Gasteiger partial charge on any atom is -0.355 e. The molecule has 0 aliphatic rings. The van der Waals surface area contributed by atoms with Gasteiger partial charge in [-0.25, -0.2) is 0 Å². The van der Waals surface area contributed by atoms with Crippen LogP contribution in [0.5, 0.6) is 0 Å². The lowest BCUT2D eigenvalue weighted by molar-refractivity contribution is 0.102. The summed E-state index contributed by atoms with van der Waals surface area (Å²) in [6.07, 6.45) is 0. The molecule has 3 aromatic carbocycles. The molecule has 0 saturated carbocycles. The lowest BCUT2D eigenvalue weighted by atomic mass is 10.0. The van der Waals surface area contributed by atoms with Crippen LogP contribution in [0.4, 0.5) is 5.69 Å². The van der Waals surface area contributed by atoms with Gasteiger partial charge < -0.3 is 9.84 Å². The molecule has 0 bridgehead atoms. The van der Waals surface area contributed by atoms with Gasteiger partial charge in [0.25, 0.3) is 5.91 Å². The minimum absolute atomic E-state index is 0.163. The molecule has 0 saturated heterocycles. The van der Waals surface area contributed by atoms with Crippen molar-refractivity contribution < 1.29 is 9.32 Å². The maximum atomic E-state index is 12.5. The molecule has 1 N–H and O–H groups in total. The topological polar surface area (TPSA) is 55.1 Å². The van der Waals surface area contributed by atoms with E-state index in [4.69, 9.17) is 4.52 Å². The predicted molar refractivity (Wildman–Crippen MR) is 98.6 cm³/mol. The average Bonchev–Trinajstić information content (AvgIpc) is 3.06. The number of aromatic nitrogens is 1. The maximum Gasteiger partial charge on any atom is 0.255 e. The lowest BCUT2D eigenvalue weighted by Crippen LogP contribution is -2.11. The minimum atomic E-state index is -0.163. The van der Waals surface area contributed by atoms with Gasteiger partial charge in [0.15, 0.2) is 5.76 Å². The molecule has 0 unspecified atom stereocenters. The van der Waals surface area contributed by atoms with Gasteiger partial charge in [-0.2, -0.15) is 0 Å². The van der Waals surface area contributed by atoms with E-state index in [-0.39, 0.29) is 5.91 Å². The number of nitrogens with zero attached hydrogens (tertiary/aromatic N) is 1. The first-order valence-electron chi connectivity index (χ1n) is 8.03. The third kappa shape index (κ3) is 3.02. The van der Waals surface area contributed by atoms with E-state index in [1.165, 1.54) is 5.56 Å². The number of anilines is 1. The van der Waals surface area contributed by atoms with Crippen LogP contribution in [-0.4, -0.2) is 11.1 Å². The Kier molecular flexibility index (Phi) is 3.78. The molecule has 0 fully saturated rings. The van der Waals surface area contributed by atoms with Crippen LogP contribution in [0.3, 0.4) is 0 Å². The fourth-order valence-electron chi connectivity index (χ4n) is 2.72. The fraction of sp³-hybridized carbons (Fsp3) is 0.0476. The summed E-state index contributed by atoms with van der Waals surface area (Å²) >= 11 is 0. The molecule has 4 rings (SSSR count). The molecule has 122 valence electrons. The molecule has 0 aliphatic heterocycles. The highest BCUT2D eigenvalue weighted by Crippen LogP contribution is 2.29. The van der Waals surface area contributed by atoms with E-state index in [1.807, 2.05) is 67.6 Å². The Morgan fingerprint density at radius 2 is 1.72 bits per heavy atom. The van der Waals surface area contributed by atoms with Gasteiger partial charge in [0, 0.05) is 16.8 Å². The molecule has 0 spiro atoms. The van der Waals surface area contributed by atoms with E-state index < -0.39 is 0 Å². The largest absolute Gasteiger partial charge is 0.355 e. The van der Waals surface area contributed by atoms with E-state index in [9.17, 15) is 4.79 Å². The van der Waals surface area contributed by atoms with Crippen LogP contribution < -0.4 is 5.32 Å². The molecule has 4 nitrogen and oxygen atoms in total. The van der Waals surface area contributed by atoms with Crippen molar-refractivity contribution in [3.05, 3.63) is 83.9 Å². The van der Waals surface area contributed by atoms with E-state index in [0.717, 1.165) is 22.2 Å². The number of carbonyl (C=O) groups excluding carboxylic acids is 1. The van der Waals surface area contributed by atoms with Gasteiger partial charge in [-0.15, -0.1) is 0 Å². The molecule has 25 heavy (non-hydrogen) atoms. The maximum absolute atomic E-state index is 12.5. The highest BCUT2D eigenvalue weighted by molar-refractivity contribution is 6.07. The number of rotatable bonds is 3. The second-order valence-corrected chi connectivity index (χ2v) is 5.93. The number of nitrogens with one attached hydrogen (secondary N) is 1. The monoisotopic (exact) mass is 328 g/mol. The van der Waals surface area contributed by atoms with Crippen molar-refractivity contribution in [1.29, 1.82) is 0 Å². The SMILES string of the molecule is Cc1ccc(-c2onc3ccc(C(=O)Nc4ccccc4)cc23)cc1. The fourth-order valence-corrected chi connectivity index (χ4v) is 2.72. The molecule has 0 atom stereocenters. The zero-order valence-electron chi connectivity index (χ0n) is 13.7. The standard InChI is InChI=1S/C21H16N2O2/c1-14-7-9-15(10-8-14)20-18-13-16(11-12-19(18)23-25-20)21(24)22-17-5-3-2-4-6-17/h2-13H,1H3,(H,22,24). The summed E-state index contributed by atoms with van der Waals surface area (Å²) in [5.41, 5.74) is 4.17. The Morgan fingerprint density at radius 1 is 0.960 bits per heavy atom. The molecule has 1 aromatic heterocycles. The molecular weight excluding hydrogens is 312 g/mol. The van der Waals surface area contributed by atoms with Gasteiger partial charge in [-0.05, 0) is 37.3 Å². The highest BCUT2D eigenvalue weighted by atomic mass is 16.5. The second-order valence-electron chi connectivity index (χ2n) is 5.93. The normalized spacial score (nSPS) is 10.8. The number of amides is 1. The van der Waals surface area contributed by atoms with Crippen molar-refractivity contribution in [2.24, 2.45) is 0 Å². The molecule has 4 heteroatoms. The Labute approximate surface area is 145 Å². The van der Waals surface area contributed by atoms with Gasteiger partial charge >= 0.3 is 0 Å². The Hall–Kier alpha value is -3.40. The van der Waals surface area contributed by atoms with Crippen LogP contribution in [0.25, 0.3) is 22.2 Å². The number of hydrogen-bond donors (Lipinski definition) is 1. The van der Waals surface area contributed by atoms with E-state index in [2.05, 4.69) is 10.5 Å². The Bertz CT molecular complexity index is 1030. The summed E-state index contributed by atoms with van der Waals surface area (Å²) in [5.74, 6) is 0.508. The molecule has 0 aliphatic carbocycles. The van der Waals surface area contributed by atoms with E-state index in [0.29, 0.717) is 11.3 Å². The number of fused-ring (bicyclic) bond motifs is 1. The van der Waals surface area contributed by atoms with Crippen LogP contribution in [-0.2, 0) is 0 Å². The zero-order valence-corrected chi connectivity index (χ0v) is 13.7. The van der Waals surface area contributed by atoms with Gasteiger partial charge in [0.1, 0.15) is 5.52 Å². The van der Waals surface area contributed by atoms with Crippen molar-refractivity contribution in [3.63, 3.8) is 0 Å². The number of aryl methyl sites for hydroxylation is 1. The Balaban J connectivity index is 1.71. The van der Waals surface area contributed by atoms with Crippen molar-refractivity contribution >= 4 is 22.5 Å². The highest BCUT2D eigenvalue weighted by Gasteiger charge is 2.14. The van der Waals surface area contributed by atoms with Crippen LogP contribution in [0, 0.1) is 6.92 Å². The first kappa shape index (κ1) is 15.1. The molecule has 1 heterocycles. The molecule has 4 aromatic rings. The third-order valence-electron chi connectivity index (χ3n) is 4.08. The van der Waals surface area contributed by atoms with Crippen LogP contribution in [0.2, 0.25) is 0 Å². The second kappa shape index (κ2) is 6.24. The number of benzene rings is 3. The molecule has 1 amide bonds. The van der Waals surface area contributed by atoms with Crippen molar-refractivity contribution in [2.45, 2.75) is 6.92 Å². The van der Waals surface area contributed by atoms with E-state index >= 15 is 0 Å².